The van der Waals surface area contributed by atoms with E-state index in [0.29, 0.717) is 13.0 Å². The van der Waals surface area contributed by atoms with Crippen molar-refractivity contribution in [2.75, 3.05) is 19.4 Å². The Hall–Kier alpha value is -0.460. The predicted molar refractivity (Wildman–Crippen MR) is 49.3 cm³/mol. The van der Waals surface area contributed by atoms with E-state index in [1.807, 2.05) is 0 Å². The number of sulfonamides is 1. The van der Waals surface area contributed by atoms with Gasteiger partial charge in [-0.05, 0) is 6.92 Å². The second-order valence-corrected chi connectivity index (χ2v) is 5.94. The van der Waals surface area contributed by atoms with Gasteiger partial charge in [-0.2, -0.15) is 4.31 Å². The number of methoxy groups -OCH3 is 1. The molecule has 0 saturated carbocycles. The van der Waals surface area contributed by atoms with E-state index in [4.69, 9.17) is 4.74 Å². The van der Waals surface area contributed by atoms with Crippen molar-refractivity contribution in [3.05, 3.63) is 0 Å². The molecule has 0 radical (unpaired) electrons. The van der Waals surface area contributed by atoms with Crippen LogP contribution in [0.5, 0.6) is 0 Å². The van der Waals surface area contributed by atoms with Crippen LogP contribution in [0.15, 0.2) is 0 Å². The minimum absolute atomic E-state index is 0.154. The Morgan fingerprint density at radius 2 is 2.21 bits per heavy atom. The van der Waals surface area contributed by atoms with E-state index in [2.05, 4.69) is 0 Å². The number of ketones is 1. The van der Waals surface area contributed by atoms with E-state index in [9.17, 15) is 13.2 Å². The molecule has 2 saturated heterocycles. The molecule has 80 valence electrons. The van der Waals surface area contributed by atoms with Gasteiger partial charge >= 0.3 is 0 Å². The quantitative estimate of drug-likeness (QED) is 0.589. The molecule has 2 atom stereocenters. The first kappa shape index (κ1) is 10.1. The summed E-state index contributed by atoms with van der Waals surface area (Å²) in [4.78, 5) is 11.6. The molecule has 2 aliphatic heterocycles. The topological polar surface area (TPSA) is 63.7 Å². The zero-order valence-corrected chi connectivity index (χ0v) is 9.00. The first-order valence-corrected chi connectivity index (χ1v) is 6.08. The number of ether oxygens (including phenoxy) is 1. The Morgan fingerprint density at radius 1 is 1.57 bits per heavy atom. The highest BCUT2D eigenvalue weighted by Crippen LogP contribution is 2.39. The molecule has 0 bridgehead atoms. The van der Waals surface area contributed by atoms with Crippen LogP contribution < -0.4 is 0 Å². The number of rotatable bonds is 1. The Kier molecular flexibility index (Phi) is 1.99. The molecule has 0 spiro atoms. The van der Waals surface area contributed by atoms with Gasteiger partial charge in [0.2, 0.25) is 10.0 Å². The van der Waals surface area contributed by atoms with Gasteiger partial charge in [0.1, 0.15) is 5.75 Å². The summed E-state index contributed by atoms with van der Waals surface area (Å²) in [5.74, 6) is -0.558. The number of hydrogen-bond acceptors (Lipinski definition) is 4. The van der Waals surface area contributed by atoms with E-state index in [1.165, 1.54) is 11.4 Å². The van der Waals surface area contributed by atoms with Crippen molar-refractivity contribution in [2.45, 2.75) is 25.0 Å². The summed E-state index contributed by atoms with van der Waals surface area (Å²) in [6.45, 7) is 1.99. The molecule has 2 aliphatic rings. The van der Waals surface area contributed by atoms with Gasteiger partial charge < -0.3 is 4.74 Å². The standard InChI is InChI=1S/C8H13NO4S/c1-8-3-6(13-2)4-9(8)14(11,12)5-7(8)10/h6H,3-5H2,1-2H3. The molecule has 0 aromatic rings. The largest absolute Gasteiger partial charge is 0.380 e. The van der Waals surface area contributed by atoms with Crippen LogP contribution >= 0.6 is 0 Å². The number of hydrogen-bond donors (Lipinski definition) is 0. The third-order valence-corrected chi connectivity index (χ3v) is 4.98. The van der Waals surface area contributed by atoms with Crippen LogP contribution in [-0.2, 0) is 19.6 Å². The third kappa shape index (κ3) is 1.14. The van der Waals surface area contributed by atoms with Gasteiger partial charge in [0, 0.05) is 20.1 Å². The van der Waals surface area contributed by atoms with Gasteiger partial charge in [0.25, 0.3) is 0 Å². The van der Waals surface area contributed by atoms with E-state index in [-0.39, 0.29) is 17.6 Å². The van der Waals surface area contributed by atoms with Gasteiger partial charge in [-0.1, -0.05) is 0 Å². The van der Waals surface area contributed by atoms with Crippen LogP contribution in [0.25, 0.3) is 0 Å². The Bertz CT molecular complexity index is 377. The van der Waals surface area contributed by atoms with E-state index < -0.39 is 15.6 Å². The van der Waals surface area contributed by atoms with Crippen molar-refractivity contribution in [2.24, 2.45) is 0 Å². The molecule has 0 amide bonds. The SMILES string of the molecule is COC1CN2C(C)(C1)C(=O)CS2(=O)=O. The van der Waals surface area contributed by atoms with Gasteiger partial charge in [-0.15, -0.1) is 0 Å². The summed E-state index contributed by atoms with van der Waals surface area (Å²) < 4.78 is 29.5. The maximum atomic E-state index is 11.6. The summed E-state index contributed by atoms with van der Waals surface area (Å²) in [5.41, 5.74) is -0.848. The number of Topliss-reactive ketones (excluding diaryl/α,β-unsaturated/α-hetero) is 1. The minimum atomic E-state index is -3.37. The predicted octanol–water partition coefficient (Wildman–Crippen LogP) is -0.622. The van der Waals surface area contributed by atoms with E-state index in [0.717, 1.165) is 0 Å². The lowest BCUT2D eigenvalue weighted by atomic mass is 9.95. The monoisotopic (exact) mass is 219 g/mol. The van der Waals surface area contributed by atoms with Gasteiger partial charge in [0.15, 0.2) is 5.78 Å². The number of carbonyl (C=O) groups excluding carboxylic acids is 1. The highest BCUT2D eigenvalue weighted by Gasteiger charge is 2.58. The smallest absolute Gasteiger partial charge is 0.222 e. The molecule has 0 aliphatic carbocycles. The Morgan fingerprint density at radius 3 is 2.71 bits per heavy atom. The van der Waals surface area contributed by atoms with Crippen LogP contribution in [-0.4, -0.2) is 49.6 Å². The van der Waals surface area contributed by atoms with Crippen LogP contribution in [0.3, 0.4) is 0 Å². The lowest BCUT2D eigenvalue weighted by Gasteiger charge is -2.22. The zero-order chi connectivity index (χ0) is 10.6. The van der Waals surface area contributed by atoms with Gasteiger partial charge in [-0.3, -0.25) is 4.79 Å². The molecule has 2 fully saturated rings. The highest BCUT2D eigenvalue weighted by atomic mass is 32.2. The van der Waals surface area contributed by atoms with Crippen molar-refractivity contribution < 1.29 is 17.9 Å². The summed E-state index contributed by atoms with van der Waals surface area (Å²) in [6.07, 6.45) is 0.320. The third-order valence-electron chi connectivity index (χ3n) is 3.13. The fourth-order valence-corrected chi connectivity index (χ4v) is 4.21. The molecule has 0 aromatic carbocycles. The van der Waals surface area contributed by atoms with Crippen LogP contribution in [0, 0.1) is 0 Å². The average molecular weight is 219 g/mol. The van der Waals surface area contributed by atoms with Crippen molar-refractivity contribution in [1.29, 1.82) is 0 Å². The van der Waals surface area contributed by atoms with Crippen molar-refractivity contribution in [1.82, 2.24) is 4.31 Å². The molecule has 2 heterocycles. The summed E-state index contributed by atoms with van der Waals surface area (Å²) in [6, 6.07) is 0. The molecule has 2 unspecified atom stereocenters. The summed E-state index contributed by atoms with van der Waals surface area (Å²) in [5, 5.41) is 0. The normalized spacial score (nSPS) is 41.6. The lowest BCUT2D eigenvalue weighted by molar-refractivity contribution is -0.122. The summed E-state index contributed by atoms with van der Waals surface area (Å²) >= 11 is 0. The van der Waals surface area contributed by atoms with E-state index >= 15 is 0 Å². The molecular weight excluding hydrogens is 206 g/mol. The molecular formula is C8H13NO4S. The fourth-order valence-electron chi connectivity index (χ4n) is 2.23. The molecule has 6 heteroatoms. The number of fused-ring (bicyclic) bond motifs is 1. The van der Waals surface area contributed by atoms with Gasteiger partial charge in [-0.25, -0.2) is 8.42 Å². The van der Waals surface area contributed by atoms with Gasteiger partial charge in [0.05, 0.1) is 11.6 Å². The molecule has 0 aromatic heterocycles. The first-order chi connectivity index (χ1) is 6.40. The second kappa shape index (κ2) is 2.77. The number of nitrogens with zero attached hydrogens (tertiary/aromatic N) is 1. The zero-order valence-electron chi connectivity index (χ0n) is 8.19. The Balaban J connectivity index is 2.40. The second-order valence-electron chi connectivity index (χ2n) is 4.05. The summed E-state index contributed by atoms with van der Waals surface area (Å²) in [7, 11) is -1.84. The van der Waals surface area contributed by atoms with Crippen LogP contribution in [0.4, 0.5) is 0 Å². The minimum Gasteiger partial charge on any atom is -0.380 e. The molecule has 5 nitrogen and oxygen atoms in total. The lowest BCUT2D eigenvalue weighted by Crippen LogP contribution is -2.41. The van der Waals surface area contributed by atoms with Crippen molar-refractivity contribution >= 4 is 15.8 Å². The number of carbonyl (C=O) groups is 1. The molecule has 0 N–H and O–H groups in total. The molecule has 14 heavy (non-hydrogen) atoms. The Labute approximate surface area is 83.1 Å². The average Bonchev–Trinajstić information content (AvgIpc) is 2.50. The fraction of sp³-hybridized carbons (Fsp3) is 0.875. The van der Waals surface area contributed by atoms with Crippen molar-refractivity contribution in [3.8, 4) is 0 Å². The maximum absolute atomic E-state index is 11.6. The van der Waals surface area contributed by atoms with Crippen LogP contribution in [0.2, 0.25) is 0 Å². The maximum Gasteiger partial charge on any atom is 0.222 e. The first-order valence-electron chi connectivity index (χ1n) is 4.47. The van der Waals surface area contributed by atoms with Crippen LogP contribution in [0.1, 0.15) is 13.3 Å². The highest BCUT2D eigenvalue weighted by molar-refractivity contribution is 7.90. The van der Waals surface area contributed by atoms with Crippen molar-refractivity contribution in [3.63, 3.8) is 0 Å². The molecule has 2 rings (SSSR count). The van der Waals surface area contributed by atoms with E-state index in [1.54, 1.807) is 6.92 Å².